The van der Waals surface area contributed by atoms with Crippen molar-refractivity contribution in [3.63, 3.8) is 0 Å². The van der Waals surface area contributed by atoms with E-state index >= 15 is 0 Å². The van der Waals surface area contributed by atoms with E-state index in [4.69, 9.17) is 0 Å². The normalized spacial score (nSPS) is 37.7. The van der Waals surface area contributed by atoms with E-state index in [0.29, 0.717) is 0 Å². The number of hydrogen-bond donors (Lipinski definition) is 0. The molecular formula is C10H10FNO5S. The summed E-state index contributed by atoms with van der Waals surface area (Å²) in [6.45, 7) is 0. The van der Waals surface area contributed by atoms with Crippen LogP contribution in [-0.2, 0) is 24.0 Å². The van der Waals surface area contributed by atoms with Crippen LogP contribution in [0, 0.1) is 23.7 Å². The van der Waals surface area contributed by atoms with Crippen LogP contribution < -0.4 is 0 Å². The van der Waals surface area contributed by atoms with Crippen molar-refractivity contribution in [1.29, 1.82) is 0 Å². The Morgan fingerprint density at radius 2 is 1.72 bits per heavy atom. The maximum absolute atomic E-state index is 12.2. The fourth-order valence-electron chi connectivity index (χ4n) is 3.08. The van der Waals surface area contributed by atoms with E-state index in [2.05, 4.69) is 4.28 Å². The number of carbonyl (C=O) groups excluding carboxylic acids is 2. The third-order valence-corrected chi connectivity index (χ3v) is 4.40. The van der Waals surface area contributed by atoms with Crippen LogP contribution in [-0.4, -0.2) is 31.3 Å². The van der Waals surface area contributed by atoms with Crippen molar-refractivity contribution >= 4 is 21.9 Å². The zero-order valence-corrected chi connectivity index (χ0v) is 9.97. The number of hydroxylamine groups is 2. The first-order valence-electron chi connectivity index (χ1n) is 5.49. The number of fused-ring (bicyclic) bond motifs is 5. The number of halogens is 1. The lowest BCUT2D eigenvalue weighted by molar-refractivity contribution is -0.166. The molecule has 3 rings (SSSR count). The molecule has 2 amide bonds. The van der Waals surface area contributed by atoms with Crippen LogP contribution >= 0.6 is 0 Å². The van der Waals surface area contributed by atoms with E-state index in [1.807, 2.05) is 12.2 Å². The predicted octanol–water partition coefficient (Wildman–Crippen LogP) is -0.0181. The van der Waals surface area contributed by atoms with Gasteiger partial charge in [-0.15, -0.1) is 9.35 Å². The Hall–Kier alpha value is -1.28. The number of hydrogen-bond acceptors (Lipinski definition) is 5. The average molecular weight is 275 g/mol. The Kier molecular flexibility index (Phi) is 2.36. The van der Waals surface area contributed by atoms with Crippen molar-refractivity contribution in [1.82, 2.24) is 5.06 Å². The molecule has 0 aromatic carbocycles. The van der Waals surface area contributed by atoms with Crippen molar-refractivity contribution in [2.75, 3.05) is 6.01 Å². The summed E-state index contributed by atoms with van der Waals surface area (Å²) in [7, 11) is -4.52. The molecule has 1 saturated carbocycles. The quantitative estimate of drug-likeness (QED) is 0.534. The van der Waals surface area contributed by atoms with Crippen LogP contribution in [0.25, 0.3) is 0 Å². The molecule has 0 spiro atoms. The van der Waals surface area contributed by atoms with E-state index in [0.717, 1.165) is 6.42 Å². The van der Waals surface area contributed by atoms with Crippen molar-refractivity contribution in [3.05, 3.63) is 12.2 Å². The van der Waals surface area contributed by atoms with Gasteiger partial charge >= 0.3 is 10.1 Å². The lowest BCUT2D eigenvalue weighted by Gasteiger charge is -2.14. The Morgan fingerprint density at radius 1 is 1.22 bits per heavy atom. The van der Waals surface area contributed by atoms with Crippen LogP contribution in [0.1, 0.15) is 6.42 Å². The van der Waals surface area contributed by atoms with Gasteiger partial charge < -0.3 is 0 Å². The molecule has 4 atom stereocenters. The van der Waals surface area contributed by atoms with Gasteiger partial charge in [0.1, 0.15) is 0 Å². The van der Waals surface area contributed by atoms with Gasteiger partial charge in [-0.3, -0.25) is 9.59 Å². The lowest BCUT2D eigenvalue weighted by Crippen LogP contribution is -2.35. The third-order valence-electron chi connectivity index (χ3n) is 3.75. The summed E-state index contributed by atoms with van der Waals surface area (Å²) in [6.07, 6.45) is 4.46. The molecule has 8 heteroatoms. The van der Waals surface area contributed by atoms with Crippen LogP contribution in [0.3, 0.4) is 0 Å². The van der Waals surface area contributed by atoms with Crippen molar-refractivity contribution in [2.45, 2.75) is 6.42 Å². The standard InChI is InChI=1S/C10H10FNO5S/c11-4-18(15,16)17-12-9(13)7-5-1-2-6(3-5)8(7)10(12)14/h1-2,5-8H,3-4H2. The maximum atomic E-state index is 12.2. The summed E-state index contributed by atoms with van der Waals surface area (Å²) in [4.78, 5) is 23.9. The predicted molar refractivity (Wildman–Crippen MR) is 55.5 cm³/mol. The molecule has 98 valence electrons. The number of imide groups is 1. The largest absolute Gasteiger partial charge is 0.318 e. The van der Waals surface area contributed by atoms with Gasteiger partial charge in [0.2, 0.25) is 6.01 Å². The molecule has 2 aliphatic carbocycles. The molecule has 0 N–H and O–H groups in total. The molecule has 3 aliphatic rings. The average Bonchev–Trinajstić information content (AvgIpc) is 2.99. The van der Waals surface area contributed by atoms with Gasteiger partial charge in [-0.05, 0) is 18.3 Å². The number of allylic oxidation sites excluding steroid dienone is 2. The van der Waals surface area contributed by atoms with Gasteiger partial charge in [0, 0.05) is 0 Å². The first-order chi connectivity index (χ1) is 8.44. The highest BCUT2D eigenvalue weighted by Gasteiger charge is 2.60. The van der Waals surface area contributed by atoms with Crippen molar-refractivity contribution in [2.24, 2.45) is 23.7 Å². The SMILES string of the molecule is O=C1C2C3C=CC(C3)C2C(=O)N1OS(=O)(=O)CF. The summed E-state index contributed by atoms with van der Waals surface area (Å²) in [6, 6.07) is -1.77. The number of amides is 2. The van der Waals surface area contributed by atoms with Gasteiger partial charge in [0.05, 0.1) is 11.8 Å². The molecule has 6 nitrogen and oxygen atoms in total. The monoisotopic (exact) mass is 275 g/mol. The summed E-state index contributed by atoms with van der Waals surface area (Å²) in [5.74, 6) is -2.56. The number of nitrogens with zero attached hydrogens (tertiary/aromatic N) is 1. The molecule has 1 saturated heterocycles. The molecule has 1 heterocycles. The van der Waals surface area contributed by atoms with Crippen LogP contribution in [0.15, 0.2) is 12.2 Å². The second-order valence-electron chi connectivity index (χ2n) is 4.71. The molecule has 2 fully saturated rings. The van der Waals surface area contributed by atoms with E-state index in [1.54, 1.807) is 0 Å². The second kappa shape index (κ2) is 3.61. The Morgan fingerprint density at radius 3 is 2.17 bits per heavy atom. The van der Waals surface area contributed by atoms with Gasteiger partial charge in [-0.1, -0.05) is 12.2 Å². The van der Waals surface area contributed by atoms with Gasteiger partial charge in [0.25, 0.3) is 11.8 Å². The second-order valence-corrected chi connectivity index (χ2v) is 6.19. The van der Waals surface area contributed by atoms with Crippen LogP contribution in [0.2, 0.25) is 0 Å². The maximum Gasteiger partial charge on any atom is 0.318 e. The van der Waals surface area contributed by atoms with Crippen LogP contribution in [0.5, 0.6) is 0 Å². The van der Waals surface area contributed by atoms with E-state index in [1.165, 1.54) is 0 Å². The Balaban J connectivity index is 1.89. The molecular weight excluding hydrogens is 265 g/mol. The summed E-state index contributed by atoms with van der Waals surface area (Å²) >= 11 is 0. The Labute approximate surface area is 102 Å². The highest BCUT2D eigenvalue weighted by Crippen LogP contribution is 2.52. The van der Waals surface area contributed by atoms with Crippen molar-refractivity contribution < 1.29 is 26.7 Å². The smallest absolute Gasteiger partial charge is 0.272 e. The molecule has 2 bridgehead atoms. The third kappa shape index (κ3) is 1.45. The first-order valence-corrected chi connectivity index (χ1v) is 7.07. The fourth-order valence-corrected chi connectivity index (χ4v) is 3.50. The molecule has 18 heavy (non-hydrogen) atoms. The lowest BCUT2D eigenvalue weighted by atomic mass is 9.85. The Bertz CT molecular complexity index is 527. The van der Waals surface area contributed by atoms with Crippen LogP contribution in [0.4, 0.5) is 4.39 Å². The van der Waals surface area contributed by atoms with Gasteiger partial charge in [-0.2, -0.15) is 8.42 Å². The summed E-state index contributed by atoms with van der Waals surface area (Å²) < 4.78 is 38.4. The molecule has 4 unspecified atom stereocenters. The number of alkyl halides is 1. The highest BCUT2D eigenvalue weighted by molar-refractivity contribution is 7.86. The van der Waals surface area contributed by atoms with Gasteiger partial charge in [0.15, 0.2) is 0 Å². The number of carbonyl (C=O) groups is 2. The number of rotatable bonds is 3. The fraction of sp³-hybridized carbons (Fsp3) is 0.600. The zero-order chi connectivity index (χ0) is 13.1. The van der Waals surface area contributed by atoms with Gasteiger partial charge in [-0.25, -0.2) is 4.39 Å². The highest BCUT2D eigenvalue weighted by atomic mass is 32.2. The van der Waals surface area contributed by atoms with Crippen molar-refractivity contribution in [3.8, 4) is 0 Å². The van der Waals surface area contributed by atoms with E-state index < -0.39 is 39.8 Å². The summed E-state index contributed by atoms with van der Waals surface area (Å²) in [5, 5.41) is 0.219. The van der Waals surface area contributed by atoms with E-state index in [-0.39, 0.29) is 16.9 Å². The first kappa shape index (κ1) is 11.8. The minimum absolute atomic E-state index is 0.0434. The molecule has 0 aromatic heterocycles. The van der Waals surface area contributed by atoms with E-state index in [9.17, 15) is 22.4 Å². The molecule has 1 aliphatic heterocycles. The molecule has 0 radical (unpaired) electrons. The zero-order valence-electron chi connectivity index (χ0n) is 9.15. The minimum Gasteiger partial charge on any atom is -0.272 e. The topological polar surface area (TPSA) is 80.8 Å². The summed E-state index contributed by atoms with van der Waals surface area (Å²) in [5.41, 5.74) is 0. The minimum atomic E-state index is -4.52. The molecule has 0 aromatic rings.